The van der Waals surface area contributed by atoms with E-state index < -0.39 is 0 Å². The number of pyridine rings is 1. The van der Waals surface area contributed by atoms with Crippen molar-refractivity contribution in [2.24, 2.45) is 0 Å². The molecule has 2 heterocycles. The number of aromatic amines is 1. The highest BCUT2D eigenvalue weighted by atomic mass is 15.0. The van der Waals surface area contributed by atoms with E-state index in [-0.39, 0.29) is 0 Å². The molecule has 96 valence electrons. The Labute approximate surface area is 112 Å². The predicted molar refractivity (Wildman–Crippen MR) is 77.2 cm³/mol. The predicted octanol–water partition coefficient (Wildman–Crippen LogP) is 3.36. The van der Waals surface area contributed by atoms with Crippen molar-refractivity contribution in [1.29, 1.82) is 0 Å². The molecule has 0 aliphatic carbocycles. The van der Waals surface area contributed by atoms with Crippen LogP contribution in [-0.4, -0.2) is 15.0 Å². The van der Waals surface area contributed by atoms with Crippen LogP contribution in [0.1, 0.15) is 22.6 Å². The molecule has 3 nitrogen and oxygen atoms in total. The number of imidazole rings is 1. The number of H-pyrrole nitrogens is 1. The smallest absolute Gasteiger partial charge is 0.177 e. The number of hydrogen-bond acceptors (Lipinski definition) is 2. The highest BCUT2D eigenvalue weighted by molar-refractivity contribution is 5.70. The molecule has 3 heteroatoms. The summed E-state index contributed by atoms with van der Waals surface area (Å²) >= 11 is 0. The van der Waals surface area contributed by atoms with Crippen molar-refractivity contribution in [1.82, 2.24) is 15.0 Å². The fraction of sp³-hybridized carbons (Fsp3) is 0.250. The minimum absolute atomic E-state index is 0.819. The Morgan fingerprint density at radius 3 is 2.74 bits per heavy atom. The van der Waals surface area contributed by atoms with Gasteiger partial charge in [-0.05, 0) is 38.0 Å². The van der Waals surface area contributed by atoms with Gasteiger partial charge in [-0.25, -0.2) is 9.97 Å². The summed E-state index contributed by atoms with van der Waals surface area (Å²) in [7, 11) is 0. The summed E-state index contributed by atoms with van der Waals surface area (Å²) in [5.74, 6) is 1.01. The number of nitrogens with zero attached hydrogens (tertiary/aromatic N) is 2. The van der Waals surface area contributed by atoms with Crippen LogP contribution < -0.4 is 0 Å². The maximum Gasteiger partial charge on any atom is 0.177 e. The highest BCUT2D eigenvalue weighted by Crippen LogP contribution is 2.12. The molecule has 0 unspecified atom stereocenters. The van der Waals surface area contributed by atoms with Crippen molar-refractivity contribution in [3.63, 3.8) is 0 Å². The topological polar surface area (TPSA) is 41.6 Å². The lowest BCUT2D eigenvalue weighted by molar-refractivity contribution is 0.887. The van der Waals surface area contributed by atoms with Gasteiger partial charge in [0.05, 0.1) is 5.52 Å². The molecule has 0 fully saturated rings. The third kappa shape index (κ3) is 2.65. The Hall–Kier alpha value is -2.16. The summed E-state index contributed by atoms with van der Waals surface area (Å²) in [5.41, 5.74) is 5.50. The molecule has 19 heavy (non-hydrogen) atoms. The second-order valence-corrected chi connectivity index (χ2v) is 5.00. The Morgan fingerprint density at radius 2 is 1.89 bits per heavy atom. The molecule has 0 spiro atoms. The second-order valence-electron chi connectivity index (χ2n) is 5.00. The SMILES string of the molecule is Cc1cccc(CCc2nc3nc(C)ccc3[nH]2)c1. The molecule has 0 saturated carbocycles. The van der Waals surface area contributed by atoms with Gasteiger partial charge in [-0.3, -0.25) is 0 Å². The minimum atomic E-state index is 0.819. The number of fused-ring (bicyclic) bond motifs is 1. The van der Waals surface area contributed by atoms with Crippen LogP contribution in [-0.2, 0) is 12.8 Å². The van der Waals surface area contributed by atoms with E-state index in [0.29, 0.717) is 0 Å². The standard InChI is InChI=1S/C16H17N3/c1-11-4-3-5-13(10-11)7-9-15-18-14-8-6-12(2)17-16(14)19-15/h3-6,8,10H,7,9H2,1-2H3,(H,17,18,19). The van der Waals surface area contributed by atoms with Crippen molar-refractivity contribution in [2.75, 3.05) is 0 Å². The Morgan fingerprint density at radius 1 is 1.00 bits per heavy atom. The highest BCUT2D eigenvalue weighted by Gasteiger charge is 2.04. The van der Waals surface area contributed by atoms with Gasteiger partial charge in [-0.15, -0.1) is 0 Å². The van der Waals surface area contributed by atoms with Gasteiger partial charge in [0.25, 0.3) is 0 Å². The fourth-order valence-electron chi connectivity index (χ4n) is 2.29. The summed E-state index contributed by atoms with van der Waals surface area (Å²) in [6.07, 6.45) is 1.92. The summed E-state index contributed by atoms with van der Waals surface area (Å²) in [6.45, 7) is 4.11. The van der Waals surface area contributed by atoms with Crippen LogP contribution in [0, 0.1) is 13.8 Å². The zero-order valence-corrected chi connectivity index (χ0v) is 11.3. The number of nitrogens with one attached hydrogen (secondary N) is 1. The molecule has 0 bridgehead atoms. The fourth-order valence-corrected chi connectivity index (χ4v) is 2.29. The zero-order chi connectivity index (χ0) is 13.2. The molecular formula is C16H17N3. The maximum absolute atomic E-state index is 4.54. The maximum atomic E-state index is 4.54. The van der Waals surface area contributed by atoms with E-state index in [1.165, 1.54) is 11.1 Å². The quantitative estimate of drug-likeness (QED) is 0.775. The molecule has 3 aromatic rings. The summed E-state index contributed by atoms with van der Waals surface area (Å²) < 4.78 is 0. The Kier molecular flexibility index (Phi) is 3.03. The average molecular weight is 251 g/mol. The van der Waals surface area contributed by atoms with Gasteiger partial charge < -0.3 is 4.98 Å². The lowest BCUT2D eigenvalue weighted by atomic mass is 10.1. The van der Waals surface area contributed by atoms with Gasteiger partial charge in [-0.2, -0.15) is 0 Å². The van der Waals surface area contributed by atoms with Crippen molar-refractivity contribution >= 4 is 11.2 Å². The Bertz CT molecular complexity index is 713. The van der Waals surface area contributed by atoms with Crippen LogP contribution >= 0.6 is 0 Å². The van der Waals surface area contributed by atoms with Crippen molar-refractivity contribution in [2.45, 2.75) is 26.7 Å². The van der Waals surface area contributed by atoms with E-state index in [4.69, 9.17) is 0 Å². The molecule has 3 rings (SSSR count). The van der Waals surface area contributed by atoms with E-state index in [1.54, 1.807) is 0 Å². The van der Waals surface area contributed by atoms with Gasteiger partial charge >= 0.3 is 0 Å². The normalized spacial score (nSPS) is 11.1. The van der Waals surface area contributed by atoms with Gasteiger partial charge in [0.2, 0.25) is 0 Å². The largest absolute Gasteiger partial charge is 0.341 e. The first-order chi connectivity index (χ1) is 9.20. The monoisotopic (exact) mass is 251 g/mol. The van der Waals surface area contributed by atoms with E-state index in [9.17, 15) is 0 Å². The van der Waals surface area contributed by atoms with E-state index in [2.05, 4.69) is 46.1 Å². The number of benzene rings is 1. The van der Waals surface area contributed by atoms with Crippen molar-refractivity contribution < 1.29 is 0 Å². The van der Waals surface area contributed by atoms with Crippen molar-refractivity contribution in [3.8, 4) is 0 Å². The molecule has 0 aliphatic heterocycles. The molecule has 1 N–H and O–H groups in total. The molecule has 0 aliphatic rings. The lowest BCUT2D eigenvalue weighted by Crippen LogP contribution is -1.93. The van der Waals surface area contributed by atoms with E-state index in [0.717, 1.165) is 35.5 Å². The van der Waals surface area contributed by atoms with Gasteiger partial charge in [0, 0.05) is 12.1 Å². The first-order valence-electron chi connectivity index (χ1n) is 6.58. The van der Waals surface area contributed by atoms with Gasteiger partial charge in [0.1, 0.15) is 5.82 Å². The molecule has 1 aromatic carbocycles. The Balaban J connectivity index is 1.78. The first kappa shape index (κ1) is 11.9. The number of aromatic nitrogens is 3. The van der Waals surface area contributed by atoms with E-state index >= 15 is 0 Å². The minimum Gasteiger partial charge on any atom is -0.341 e. The van der Waals surface area contributed by atoms with Gasteiger partial charge in [0.15, 0.2) is 5.65 Å². The van der Waals surface area contributed by atoms with Crippen LogP contribution in [0.4, 0.5) is 0 Å². The second kappa shape index (κ2) is 4.84. The van der Waals surface area contributed by atoms with Crippen LogP contribution in [0.25, 0.3) is 11.2 Å². The third-order valence-electron chi connectivity index (χ3n) is 3.27. The number of aryl methyl sites for hydroxylation is 4. The zero-order valence-electron chi connectivity index (χ0n) is 11.3. The van der Waals surface area contributed by atoms with Gasteiger partial charge in [-0.1, -0.05) is 29.8 Å². The molecule has 0 atom stereocenters. The van der Waals surface area contributed by atoms with Crippen LogP contribution in [0.15, 0.2) is 36.4 Å². The first-order valence-corrected chi connectivity index (χ1v) is 6.58. The number of hydrogen-bond donors (Lipinski definition) is 1. The molecular weight excluding hydrogens is 234 g/mol. The average Bonchev–Trinajstić information content (AvgIpc) is 2.78. The molecule has 0 amide bonds. The van der Waals surface area contributed by atoms with Crippen molar-refractivity contribution in [3.05, 3.63) is 59.0 Å². The van der Waals surface area contributed by atoms with Crippen LogP contribution in [0.5, 0.6) is 0 Å². The summed E-state index contributed by atoms with van der Waals surface area (Å²) in [4.78, 5) is 12.3. The molecule has 2 aromatic heterocycles. The van der Waals surface area contributed by atoms with Crippen LogP contribution in [0.2, 0.25) is 0 Å². The summed E-state index contributed by atoms with van der Waals surface area (Å²) in [6, 6.07) is 12.7. The van der Waals surface area contributed by atoms with Crippen LogP contribution in [0.3, 0.4) is 0 Å². The third-order valence-corrected chi connectivity index (χ3v) is 3.27. The molecule has 0 radical (unpaired) electrons. The molecule has 0 saturated heterocycles. The lowest BCUT2D eigenvalue weighted by Gasteiger charge is -2.00. The summed E-state index contributed by atoms with van der Waals surface area (Å²) in [5, 5.41) is 0. The van der Waals surface area contributed by atoms with E-state index in [1.807, 2.05) is 19.1 Å². The number of rotatable bonds is 3.